The molecule has 6 nitrogen and oxygen atoms in total. The first kappa shape index (κ1) is 19.1. The fourth-order valence-corrected chi connectivity index (χ4v) is 2.22. The molecule has 0 atom stereocenters. The number of amides is 1. The van der Waals surface area contributed by atoms with Crippen molar-refractivity contribution in [3.05, 3.63) is 71.3 Å². The van der Waals surface area contributed by atoms with E-state index in [1.165, 1.54) is 19.2 Å². The van der Waals surface area contributed by atoms with Gasteiger partial charge in [0.2, 0.25) is 0 Å². The number of rotatable bonds is 8. The fourth-order valence-electron chi connectivity index (χ4n) is 2.22. The van der Waals surface area contributed by atoms with Crippen molar-refractivity contribution in [2.45, 2.75) is 13.0 Å². The van der Waals surface area contributed by atoms with Gasteiger partial charge in [0.25, 0.3) is 0 Å². The van der Waals surface area contributed by atoms with Crippen molar-refractivity contribution in [3.63, 3.8) is 0 Å². The van der Waals surface area contributed by atoms with Crippen molar-refractivity contribution in [1.82, 2.24) is 5.32 Å². The summed E-state index contributed by atoms with van der Waals surface area (Å²) in [6.07, 6.45) is 3.83. The molecule has 0 saturated carbocycles. The normalized spacial score (nSPS) is 10.5. The Bertz CT molecular complexity index is 771. The van der Waals surface area contributed by atoms with E-state index in [0.29, 0.717) is 18.7 Å². The molecule has 0 radical (unpaired) electrons. The SMILES string of the molecule is COc1cc(C(=O)O)ccc1C=CCCNC(=O)OCc1ccccc1. The molecule has 0 aliphatic carbocycles. The van der Waals surface area contributed by atoms with Crippen LogP contribution >= 0.6 is 0 Å². The molecule has 1 amide bonds. The third-order valence-electron chi connectivity index (χ3n) is 3.57. The minimum Gasteiger partial charge on any atom is -0.496 e. The smallest absolute Gasteiger partial charge is 0.407 e. The predicted octanol–water partition coefficient (Wildman–Crippen LogP) is 3.72. The average Bonchev–Trinajstić information content (AvgIpc) is 2.66. The first-order valence-corrected chi connectivity index (χ1v) is 8.12. The van der Waals surface area contributed by atoms with Crippen molar-refractivity contribution in [2.24, 2.45) is 0 Å². The van der Waals surface area contributed by atoms with E-state index in [-0.39, 0.29) is 12.2 Å². The summed E-state index contributed by atoms with van der Waals surface area (Å²) in [4.78, 5) is 22.6. The van der Waals surface area contributed by atoms with Crippen LogP contribution in [0.4, 0.5) is 4.79 Å². The van der Waals surface area contributed by atoms with Crippen LogP contribution in [-0.2, 0) is 11.3 Å². The summed E-state index contributed by atoms with van der Waals surface area (Å²) in [6, 6.07) is 14.1. The van der Waals surface area contributed by atoms with E-state index in [4.69, 9.17) is 14.6 Å². The molecule has 0 aliphatic heterocycles. The van der Waals surface area contributed by atoms with Crippen molar-refractivity contribution < 1.29 is 24.2 Å². The zero-order chi connectivity index (χ0) is 18.8. The third kappa shape index (κ3) is 5.98. The molecule has 0 aromatic heterocycles. The Morgan fingerprint density at radius 1 is 1.15 bits per heavy atom. The lowest BCUT2D eigenvalue weighted by atomic mass is 10.1. The summed E-state index contributed by atoms with van der Waals surface area (Å²) in [6.45, 7) is 0.662. The van der Waals surface area contributed by atoms with Gasteiger partial charge in [-0.25, -0.2) is 9.59 Å². The van der Waals surface area contributed by atoms with E-state index in [9.17, 15) is 9.59 Å². The second kappa shape index (κ2) is 9.88. The van der Waals surface area contributed by atoms with Gasteiger partial charge >= 0.3 is 12.1 Å². The van der Waals surface area contributed by atoms with Gasteiger partial charge in [0.05, 0.1) is 12.7 Å². The Labute approximate surface area is 152 Å². The van der Waals surface area contributed by atoms with E-state index in [2.05, 4.69) is 5.32 Å². The number of carbonyl (C=O) groups is 2. The first-order chi connectivity index (χ1) is 12.6. The van der Waals surface area contributed by atoms with Gasteiger partial charge in [-0.15, -0.1) is 0 Å². The molecule has 0 unspecified atom stereocenters. The largest absolute Gasteiger partial charge is 0.496 e. The summed E-state index contributed by atoms with van der Waals surface area (Å²) < 4.78 is 10.3. The fraction of sp³-hybridized carbons (Fsp3) is 0.200. The number of alkyl carbamates (subject to hydrolysis) is 1. The average molecular weight is 355 g/mol. The van der Waals surface area contributed by atoms with Crippen LogP contribution in [-0.4, -0.2) is 30.8 Å². The maximum absolute atomic E-state index is 11.6. The quantitative estimate of drug-likeness (QED) is 0.705. The standard InChI is InChI=1S/C20H21NO5/c1-25-18-13-17(19(22)23)11-10-16(18)9-5-6-12-21-20(24)26-14-15-7-3-2-4-8-15/h2-5,7-11,13H,6,12,14H2,1H3,(H,21,24)(H,22,23). The Morgan fingerprint density at radius 2 is 1.92 bits per heavy atom. The number of aromatic carboxylic acids is 1. The van der Waals surface area contributed by atoms with Gasteiger partial charge < -0.3 is 19.9 Å². The van der Waals surface area contributed by atoms with E-state index in [0.717, 1.165) is 11.1 Å². The summed E-state index contributed by atoms with van der Waals surface area (Å²) in [5.74, 6) is -0.520. The number of ether oxygens (including phenoxy) is 2. The lowest BCUT2D eigenvalue weighted by molar-refractivity contribution is 0.0696. The van der Waals surface area contributed by atoms with Crippen molar-refractivity contribution in [1.29, 1.82) is 0 Å². The lowest BCUT2D eigenvalue weighted by Crippen LogP contribution is -2.24. The van der Waals surface area contributed by atoms with Gasteiger partial charge in [-0.3, -0.25) is 0 Å². The van der Waals surface area contributed by atoms with Crippen molar-refractivity contribution in [2.75, 3.05) is 13.7 Å². The topological polar surface area (TPSA) is 84.9 Å². The highest BCUT2D eigenvalue weighted by Gasteiger charge is 2.07. The Hall–Kier alpha value is -3.28. The summed E-state index contributed by atoms with van der Waals surface area (Å²) in [7, 11) is 1.49. The molecule has 0 aliphatic rings. The third-order valence-corrected chi connectivity index (χ3v) is 3.57. The van der Waals surface area contributed by atoms with E-state index >= 15 is 0 Å². The van der Waals surface area contributed by atoms with E-state index in [1.54, 1.807) is 6.07 Å². The van der Waals surface area contributed by atoms with Crippen LogP contribution in [0.25, 0.3) is 6.08 Å². The second-order valence-corrected chi connectivity index (χ2v) is 5.44. The maximum Gasteiger partial charge on any atom is 0.407 e. The number of nitrogens with one attached hydrogen (secondary N) is 1. The highest BCUT2D eigenvalue weighted by Crippen LogP contribution is 2.21. The molecular formula is C20H21NO5. The van der Waals surface area contributed by atoms with Gasteiger partial charge in [0.1, 0.15) is 12.4 Å². The summed E-state index contributed by atoms with van der Waals surface area (Å²) >= 11 is 0. The molecule has 2 N–H and O–H groups in total. The molecule has 0 fully saturated rings. The van der Waals surface area contributed by atoms with Gasteiger partial charge in [-0.1, -0.05) is 48.6 Å². The molecule has 2 rings (SSSR count). The molecule has 2 aromatic rings. The number of carbonyl (C=O) groups excluding carboxylic acids is 1. The molecule has 26 heavy (non-hydrogen) atoms. The number of benzene rings is 2. The zero-order valence-electron chi connectivity index (χ0n) is 14.5. The Morgan fingerprint density at radius 3 is 2.62 bits per heavy atom. The maximum atomic E-state index is 11.6. The monoisotopic (exact) mass is 355 g/mol. The molecule has 0 heterocycles. The van der Waals surface area contributed by atoms with Crippen molar-refractivity contribution >= 4 is 18.1 Å². The van der Waals surface area contributed by atoms with Gasteiger partial charge in [0, 0.05) is 12.1 Å². The van der Waals surface area contributed by atoms with Gasteiger partial charge in [-0.2, -0.15) is 0 Å². The molecule has 0 saturated heterocycles. The Kier molecular flexibility index (Phi) is 7.24. The number of hydrogen-bond donors (Lipinski definition) is 2. The van der Waals surface area contributed by atoms with Crippen LogP contribution in [0.15, 0.2) is 54.6 Å². The molecule has 0 spiro atoms. The van der Waals surface area contributed by atoms with Crippen LogP contribution in [0.2, 0.25) is 0 Å². The molecular weight excluding hydrogens is 334 g/mol. The second-order valence-electron chi connectivity index (χ2n) is 5.44. The van der Waals surface area contributed by atoms with Crippen LogP contribution in [0, 0.1) is 0 Å². The minimum absolute atomic E-state index is 0.168. The van der Waals surface area contributed by atoms with E-state index in [1.807, 2.05) is 42.5 Å². The number of methoxy groups -OCH3 is 1. The van der Waals surface area contributed by atoms with Crippen LogP contribution in [0.3, 0.4) is 0 Å². The highest BCUT2D eigenvalue weighted by molar-refractivity contribution is 5.88. The van der Waals surface area contributed by atoms with Crippen molar-refractivity contribution in [3.8, 4) is 5.75 Å². The zero-order valence-corrected chi connectivity index (χ0v) is 14.5. The molecule has 136 valence electrons. The minimum atomic E-state index is -1.00. The Balaban J connectivity index is 1.75. The molecule has 6 heteroatoms. The molecule has 0 bridgehead atoms. The lowest BCUT2D eigenvalue weighted by Gasteiger charge is -2.07. The number of hydrogen-bond acceptors (Lipinski definition) is 4. The first-order valence-electron chi connectivity index (χ1n) is 8.12. The van der Waals surface area contributed by atoms with Crippen LogP contribution < -0.4 is 10.1 Å². The summed E-state index contributed by atoms with van der Waals surface area (Å²) in [5, 5.41) is 11.7. The highest BCUT2D eigenvalue weighted by atomic mass is 16.5. The number of carboxylic acids is 1. The van der Waals surface area contributed by atoms with Crippen LogP contribution in [0.1, 0.15) is 27.9 Å². The molecule has 2 aromatic carbocycles. The van der Waals surface area contributed by atoms with Gasteiger partial charge in [0.15, 0.2) is 0 Å². The van der Waals surface area contributed by atoms with Gasteiger partial charge in [-0.05, 0) is 24.1 Å². The van der Waals surface area contributed by atoms with Crippen LogP contribution in [0.5, 0.6) is 5.75 Å². The van der Waals surface area contributed by atoms with E-state index < -0.39 is 12.1 Å². The predicted molar refractivity (Wildman–Crippen MR) is 98.2 cm³/mol. The number of carboxylic acid groups (broad SMARTS) is 1. The summed E-state index contributed by atoms with van der Waals surface area (Å²) in [5.41, 5.74) is 1.87.